The summed E-state index contributed by atoms with van der Waals surface area (Å²) in [5.41, 5.74) is 7.84. The van der Waals surface area contributed by atoms with Gasteiger partial charge in [0.15, 0.2) is 5.78 Å². The maximum absolute atomic E-state index is 14.2. The number of ketones is 1. The smallest absolute Gasteiger partial charge is 0.262 e. The van der Waals surface area contributed by atoms with E-state index in [0.29, 0.717) is 88.3 Å². The molecule has 5 aliphatic rings. The third kappa shape index (κ3) is 11.3. The highest BCUT2D eigenvalue weighted by Crippen LogP contribution is 2.32. The molecule has 5 amide bonds. The Bertz CT molecular complexity index is 2680. The van der Waals surface area contributed by atoms with Crippen LogP contribution in [0, 0.1) is 17.6 Å². The fourth-order valence-electron chi connectivity index (χ4n) is 9.87. The number of aliphatic imine (C=N–C) groups is 1. The van der Waals surface area contributed by atoms with Crippen molar-refractivity contribution in [3.8, 4) is 0 Å². The molecule has 3 fully saturated rings. The van der Waals surface area contributed by atoms with E-state index in [-0.39, 0.29) is 48.6 Å². The summed E-state index contributed by atoms with van der Waals surface area (Å²) < 4.78 is 39.2. The van der Waals surface area contributed by atoms with Gasteiger partial charge in [0.1, 0.15) is 17.7 Å². The molecule has 0 aliphatic carbocycles. The molecule has 0 bridgehead atoms. The minimum absolute atomic E-state index is 0.00173. The summed E-state index contributed by atoms with van der Waals surface area (Å²) in [5.74, 6) is -3.14. The summed E-state index contributed by atoms with van der Waals surface area (Å²) >= 11 is 0. The van der Waals surface area contributed by atoms with Gasteiger partial charge < -0.3 is 25.0 Å². The predicted molar refractivity (Wildman–Crippen MR) is 253 cm³/mol. The highest BCUT2D eigenvalue weighted by Gasteiger charge is 2.44. The zero-order valence-corrected chi connectivity index (χ0v) is 38.3. The van der Waals surface area contributed by atoms with Crippen molar-refractivity contribution >= 4 is 52.4 Å². The van der Waals surface area contributed by atoms with Crippen LogP contribution in [0.15, 0.2) is 77.8 Å². The number of nitrogens with zero attached hydrogens (tertiary/aromatic N) is 4. The molecule has 0 saturated carbocycles. The van der Waals surface area contributed by atoms with Crippen molar-refractivity contribution < 1.29 is 47.0 Å². The predicted octanol–water partition coefficient (Wildman–Crippen LogP) is 4.87. The van der Waals surface area contributed by atoms with Crippen LogP contribution in [-0.2, 0) is 43.2 Å². The lowest BCUT2D eigenvalue weighted by Crippen LogP contribution is -2.54. The summed E-state index contributed by atoms with van der Waals surface area (Å²) in [4.78, 5) is 87.2. The van der Waals surface area contributed by atoms with E-state index in [1.807, 2.05) is 30.3 Å². The van der Waals surface area contributed by atoms with E-state index < -0.39 is 41.3 Å². The Morgan fingerprint density at radius 1 is 0.797 bits per heavy atom. The standard InChI is InChI=1S/C52H55F2N7O8/c53-37-23-34(24-38(54)27-37)21-33-1-2-35-30-57-45(43(35)25-33)29-47(62)41-6-4-40(26-36(41)22-32-9-17-68-18-10-32)60-15-13-59(14-16-60)31-49(64)56-12-20-69-19-11-55-39-3-5-42-44(28-39)52(67)61(51(42)66)46-7-8-48(63)58-50(46)65/h1-6,23-28,32,46,55H,7-22,29-31H2,(H,56,64)(H,58,63,65). The lowest BCUT2D eigenvalue weighted by atomic mass is 9.87. The molecule has 1 unspecified atom stereocenters. The van der Waals surface area contributed by atoms with Gasteiger partial charge >= 0.3 is 0 Å². The number of Topliss-reactive ketones (excluding diaryl/α,β-unsaturated/α-hetero) is 1. The topological polar surface area (TPSA) is 179 Å². The number of halogens is 2. The molecule has 360 valence electrons. The minimum atomic E-state index is -1.02. The van der Waals surface area contributed by atoms with E-state index in [0.717, 1.165) is 77.0 Å². The first-order valence-corrected chi connectivity index (χ1v) is 23.7. The zero-order chi connectivity index (χ0) is 48.0. The fraction of sp³-hybridized carbons (Fsp3) is 0.404. The average molecular weight is 944 g/mol. The maximum Gasteiger partial charge on any atom is 0.262 e. The molecular weight excluding hydrogens is 889 g/mol. The molecule has 0 spiro atoms. The number of amides is 5. The molecule has 17 heteroatoms. The number of hydrogen-bond acceptors (Lipinski definition) is 12. The zero-order valence-electron chi connectivity index (χ0n) is 38.3. The molecule has 3 N–H and O–H groups in total. The van der Waals surface area contributed by atoms with Gasteiger partial charge in [-0.15, -0.1) is 0 Å². The van der Waals surface area contributed by atoms with Crippen LogP contribution < -0.4 is 20.9 Å². The number of rotatable bonds is 18. The molecule has 0 radical (unpaired) electrons. The molecule has 4 aromatic rings. The monoisotopic (exact) mass is 943 g/mol. The minimum Gasteiger partial charge on any atom is -0.383 e. The second-order valence-electron chi connectivity index (χ2n) is 18.3. The summed E-state index contributed by atoms with van der Waals surface area (Å²) in [5, 5.41) is 8.30. The molecule has 0 aromatic heterocycles. The summed E-state index contributed by atoms with van der Waals surface area (Å²) in [6.45, 7) is 6.35. The highest BCUT2D eigenvalue weighted by molar-refractivity contribution is 6.24. The maximum atomic E-state index is 14.2. The summed E-state index contributed by atoms with van der Waals surface area (Å²) in [6, 6.07) is 19.4. The van der Waals surface area contributed by atoms with Crippen molar-refractivity contribution in [2.24, 2.45) is 10.9 Å². The van der Waals surface area contributed by atoms with Crippen molar-refractivity contribution in [2.45, 2.75) is 57.5 Å². The van der Waals surface area contributed by atoms with Gasteiger partial charge in [-0.05, 0) is 115 Å². The molecule has 5 heterocycles. The van der Waals surface area contributed by atoms with Crippen LogP contribution >= 0.6 is 0 Å². The van der Waals surface area contributed by atoms with E-state index in [1.165, 1.54) is 12.1 Å². The Labute approximate surface area is 398 Å². The van der Waals surface area contributed by atoms with Crippen LogP contribution in [0.2, 0.25) is 0 Å². The van der Waals surface area contributed by atoms with Crippen molar-refractivity contribution in [3.05, 3.63) is 129 Å². The number of piperazine rings is 1. The molecule has 15 nitrogen and oxygen atoms in total. The number of imide groups is 2. The van der Waals surface area contributed by atoms with Crippen LogP contribution in [-0.4, -0.2) is 129 Å². The van der Waals surface area contributed by atoms with Gasteiger partial charge in [0.25, 0.3) is 11.8 Å². The number of fused-ring (bicyclic) bond motifs is 2. The SMILES string of the molecule is O=C(CN1CCN(c2ccc(C(=O)CC3=NCc4ccc(Cc5cc(F)cc(F)c5)cc43)c(CC3CCOCC3)c2)CC1)NCCOCCNc1ccc2c(c1)C(=O)N(C1CCC(=O)NC1=O)C2=O. The molecule has 4 aromatic carbocycles. The van der Waals surface area contributed by atoms with E-state index in [1.54, 1.807) is 18.2 Å². The fourth-order valence-corrected chi connectivity index (χ4v) is 9.87. The van der Waals surface area contributed by atoms with Gasteiger partial charge in [-0.2, -0.15) is 0 Å². The van der Waals surface area contributed by atoms with Crippen molar-refractivity contribution in [2.75, 3.05) is 82.5 Å². The van der Waals surface area contributed by atoms with Crippen molar-refractivity contribution in [1.82, 2.24) is 20.4 Å². The molecular formula is C52H55F2N7O8. The average Bonchev–Trinajstić information content (AvgIpc) is 3.84. The van der Waals surface area contributed by atoms with Gasteiger partial charge in [0, 0.05) is 87.5 Å². The first-order chi connectivity index (χ1) is 33.4. The summed E-state index contributed by atoms with van der Waals surface area (Å²) in [6.07, 6.45) is 3.28. The number of nitrogens with one attached hydrogen (secondary N) is 3. The second-order valence-corrected chi connectivity index (χ2v) is 18.3. The Balaban J connectivity index is 0.719. The van der Waals surface area contributed by atoms with E-state index >= 15 is 0 Å². The number of piperidine rings is 1. The highest BCUT2D eigenvalue weighted by atomic mass is 19.1. The van der Waals surface area contributed by atoms with Crippen LogP contribution in [0.25, 0.3) is 0 Å². The number of hydrogen-bond donors (Lipinski definition) is 3. The Morgan fingerprint density at radius 3 is 2.35 bits per heavy atom. The lowest BCUT2D eigenvalue weighted by molar-refractivity contribution is -0.136. The van der Waals surface area contributed by atoms with Crippen LogP contribution in [0.5, 0.6) is 0 Å². The number of carbonyl (C=O) groups is 6. The molecule has 1 atom stereocenters. The third-order valence-electron chi connectivity index (χ3n) is 13.5. The third-order valence-corrected chi connectivity index (χ3v) is 13.5. The number of anilines is 2. The van der Waals surface area contributed by atoms with Crippen LogP contribution in [0.3, 0.4) is 0 Å². The first-order valence-electron chi connectivity index (χ1n) is 23.7. The number of ether oxygens (including phenoxy) is 2. The second kappa shape index (κ2) is 21.3. The first kappa shape index (κ1) is 47.4. The quantitative estimate of drug-likeness (QED) is 0.0705. The van der Waals surface area contributed by atoms with Crippen molar-refractivity contribution in [1.29, 1.82) is 0 Å². The van der Waals surface area contributed by atoms with Crippen LogP contribution in [0.4, 0.5) is 20.2 Å². The molecule has 69 heavy (non-hydrogen) atoms. The number of benzene rings is 4. The van der Waals surface area contributed by atoms with E-state index in [2.05, 4.69) is 31.8 Å². The van der Waals surface area contributed by atoms with E-state index in [9.17, 15) is 37.5 Å². The van der Waals surface area contributed by atoms with Gasteiger partial charge in [0.2, 0.25) is 17.7 Å². The largest absolute Gasteiger partial charge is 0.383 e. The van der Waals surface area contributed by atoms with Crippen LogP contribution in [0.1, 0.15) is 91.0 Å². The lowest BCUT2D eigenvalue weighted by Gasteiger charge is -2.36. The van der Waals surface area contributed by atoms with E-state index in [4.69, 9.17) is 14.5 Å². The molecule has 5 aliphatic heterocycles. The van der Waals surface area contributed by atoms with Gasteiger partial charge in [-0.3, -0.25) is 48.9 Å². The van der Waals surface area contributed by atoms with Gasteiger partial charge in [-0.1, -0.05) is 12.1 Å². The number of carbonyl (C=O) groups excluding carboxylic acids is 6. The normalized spacial score (nSPS) is 18.5. The Hall–Kier alpha value is -6.69. The molecule has 9 rings (SSSR count). The van der Waals surface area contributed by atoms with Crippen molar-refractivity contribution in [3.63, 3.8) is 0 Å². The van der Waals surface area contributed by atoms with Gasteiger partial charge in [-0.25, -0.2) is 8.78 Å². The Kier molecular flexibility index (Phi) is 14.6. The Morgan fingerprint density at radius 2 is 1.57 bits per heavy atom. The molecule has 3 saturated heterocycles. The summed E-state index contributed by atoms with van der Waals surface area (Å²) in [7, 11) is 0. The van der Waals surface area contributed by atoms with Gasteiger partial charge in [0.05, 0.1) is 49.6 Å².